The van der Waals surface area contributed by atoms with Crippen molar-refractivity contribution in [2.75, 3.05) is 20.2 Å². The Labute approximate surface area is 206 Å². The number of sulfonamides is 1. The number of fused-ring (bicyclic) bond motifs is 1. The molecule has 1 amide bonds. The average Bonchev–Trinajstić information content (AvgIpc) is 3.12. The Kier molecular flexibility index (Phi) is 6.40. The second-order valence-corrected chi connectivity index (χ2v) is 11.0. The molecule has 1 fully saturated rings. The molecule has 184 valence electrons. The molecule has 0 unspecified atom stereocenters. The van der Waals surface area contributed by atoms with E-state index in [0.29, 0.717) is 48.7 Å². The van der Waals surface area contributed by atoms with Crippen LogP contribution in [0.1, 0.15) is 55.3 Å². The summed E-state index contributed by atoms with van der Waals surface area (Å²) in [5.74, 6) is 1.18. The topological polar surface area (TPSA) is 88.1 Å². The van der Waals surface area contributed by atoms with E-state index >= 15 is 0 Å². The van der Waals surface area contributed by atoms with Gasteiger partial charge < -0.3 is 15.0 Å². The van der Waals surface area contributed by atoms with Gasteiger partial charge in [0.25, 0.3) is 10.0 Å². The maximum atomic E-state index is 13.1. The van der Waals surface area contributed by atoms with E-state index in [1.165, 1.54) is 11.1 Å². The molecular formula is C27H31N3O4S. The smallest absolute Gasteiger partial charge is 0.285 e. The number of ether oxygens (including phenoxy) is 1. The third-order valence-electron chi connectivity index (χ3n) is 7.34. The summed E-state index contributed by atoms with van der Waals surface area (Å²) in [5.41, 5.74) is 3.82. The second kappa shape index (κ2) is 9.49. The maximum absolute atomic E-state index is 13.1. The highest BCUT2D eigenvalue weighted by atomic mass is 32.2. The number of likely N-dealkylation sites (tertiary alicyclic amines) is 1. The van der Waals surface area contributed by atoms with Crippen LogP contribution in [-0.4, -0.2) is 45.3 Å². The van der Waals surface area contributed by atoms with Gasteiger partial charge in [-0.25, -0.2) is 0 Å². The summed E-state index contributed by atoms with van der Waals surface area (Å²) in [4.78, 5) is 15.3. The van der Waals surface area contributed by atoms with Crippen LogP contribution in [0.5, 0.6) is 5.75 Å². The molecule has 8 heteroatoms. The van der Waals surface area contributed by atoms with Crippen molar-refractivity contribution in [1.29, 1.82) is 0 Å². The summed E-state index contributed by atoms with van der Waals surface area (Å²) in [5, 5.41) is 3.29. The third-order valence-corrected chi connectivity index (χ3v) is 8.82. The number of methoxy groups -OCH3 is 1. The summed E-state index contributed by atoms with van der Waals surface area (Å²) in [6.45, 7) is 3.00. The van der Waals surface area contributed by atoms with Gasteiger partial charge in [0.2, 0.25) is 5.91 Å². The van der Waals surface area contributed by atoms with Crippen LogP contribution >= 0.6 is 0 Å². The summed E-state index contributed by atoms with van der Waals surface area (Å²) in [6.07, 6.45) is 4.46. The lowest BCUT2D eigenvalue weighted by Gasteiger charge is -2.34. The molecule has 0 bridgehead atoms. The van der Waals surface area contributed by atoms with E-state index < -0.39 is 10.0 Å². The van der Waals surface area contributed by atoms with Crippen LogP contribution in [0.3, 0.4) is 0 Å². The molecular weight excluding hydrogens is 462 g/mol. The number of benzene rings is 2. The van der Waals surface area contributed by atoms with Gasteiger partial charge in [-0.3, -0.25) is 4.79 Å². The van der Waals surface area contributed by atoms with Crippen molar-refractivity contribution in [3.63, 3.8) is 0 Å². The normalized spacial score (nSPS) is 21.9. The van der Waals surface area contributed by atoms with E-state index in [1.807, 2.05) is 17.9 Å². The fourth-order valence-electron chi connectivity index (χ4n) is 5.47. The molecule has 1 aliphatic carbocycles. The Morgan fingerprint density at radius 3 is 2.49 bits per heavy atom. The van der Waals surface area contributed by atoms with Crippen LogP contribution in [0.25, 0.3) is 4.91 Å². The summed E-state index contributed by atoms with van der Waals surface area (Å²) in [7, 11) is -2.20. The number of hydrogen-bond acceptors (Lipinski definition) is 5. The molecule has 0 saturated carbocycles. The van der Waals surface area contributed by atoms with Crippen molar-refractivity contribution in [2.24, 2.45) is 10.3 Å². The van der Waals surface area contributed by atoms with Crippen molar-refractivity contribution in [3.05, 3.63) is 70.8 Å². The van der Waals surface area contributed by atoms with Crippen molar-refractivity contribution < 1.29 is 17.9 Å². The molecule has 1 saturated heterocycles. The minimum absolute atomic E-state index is 0.0760. The highest BCUT2D eigenvalue weighted by Crippen LogP contribution is 2.36. The van der Waals surface area contributed by atoms with E-state index in [-0.39, 0.29) is 22.8 Å². The molecule has 0 radical (unpaired) electrons. The molecule has 1 atom stereocenters. The Morgan fingerprint density at radius 1 is 1.06 bits per heavy atom. The molecule has 2 aliphatic heterocycles. The molecule has 2 heterocycles. The molecule has 0 aromatic heterocycles. The van der Waals surface area contributed by atoms with Gasteiger partial charge >= 0.3 is 0 Å². The van der Waals surface area contributed by atoms with Gasteiger partial charge in [0.1, 0.15) is 16.5 Å². The first kappa shape index (κ1) is 23.6. The number of nitrogens with zero attached hydrogens (tertiary/aromatic N) is 2. The lowest BCUT2D eigenvalue weighted by atomic mass is 9.87. The number of nitrogens with one attached hydrogen (secondary N) is 1. The van der Waals surface area contributed by atoms with Gasteiger partial charge in [0.15, 0.2) is 0 Å². The molecule has 35 heavy (non-hydrogen) atoms. The fraction of sp³-hybridized carbons (Fsp3) is 0.407. The summed E-state index contributed by atoms with van der Waals surface area (Å²) >= 11 is 0. The van der Waals surface area contributed by atoms with Gasteiger partial charge in [-0.2, -0.15) is 8.42 Å². The van der Waals surface area contributed by atoms with Crippen molar-refractivity contribution >= 4 is 26.7 Å². The Balaban J connectivity index is 1.25. The number of rotatable bonds is 4. The first-order valence-electron chi connectivity index (χ1n) is 12.2. The number of amides is 1. The molecule has 2 aromatic rings. The van der Waals surface area contributed by atoms with E-state index in [4.69, 9.17) is 4.74 Å². The average molecular weight is 494 g/mol. The lowest BCUT2D eigenvalue weighted by Crippen LogP contribution is -2.44. The number of amidine groups is 1. The van der Waals surface area contributed by atoms with E-state index in [2.05, 4.69) is 27.9 Å². The van der Waals surface area contributed by atoms with Crippen molar-refractivity contribution in [1.82, 2.24) is 10.2 Å². The fourth-order valence-corrected chi connectivity index (χ4v) is 6.96. The van der Waals surface area contributed by atoms with Gasteiger partial charge in [0, 0.05) is 24.6 Å². The van der Waals surface area contributed by atoms with Gasteiger partial charge in [0.05, 0.1) is 13.2 Å². The highest BCUT2D eigenvalue weighted by Gasteiger charge is 2.36. The Hall–Kier alpha value is -3.13. The minimum atomic E-state index is -3.78. The monoisotopic (exact) mass is 493 g/mol. The number of aryl methyl sites for hydroxylation is 1. The zero-order valence-corrected chi connectivity index (χ0v) is 21.0. The minimum Gasteiger partial charge on any atom is -0.497 e. The van der Waals surface area contributed by atoms with Crippen molar-refractivity contribution in [3.8, 4) is 5.75 Å². The molecule has 2 aromatic carbocycles. The molecule has 1 N–H and O–H groups in total. The maximum Gasteiger partial charge on any atom is 0.285 e. The van der Waals surface area contributed by atoms with Crippen LogP contribution in [0.4, 0.5) is 0 Å². The van der Waals surface area contributed by atoms with E-state index in [1.54, 1.807) is 31.4 Å². The Bertz CT molecular complexity index is 1290. The Morgan fingerprint density at radius 2 is 1.77 bits per heavy atom. The first-order chi connectivity index (χ1) is 16.9. The number of hydrogen-bond donors (Lipinski definition) is 1. The number of carbonyl (C=O) groups excluding carboxylic acids is 1. The number of piperidine rings is 1. The quantitative estimate of drug-likeness (QED) is 0.694. The molecule has 5 rings (SSSR count). The summed E-state index contributed by atoms with van der Waals surface area (Å²) in [6, 6.07) is 15.4. The molecule has 0 spiro atoms. The first-order valence-corrected chi connectivity index (χ1v) is 13.6. The van der Waals surface area contributed by atoms with Crippen LogP contribution in [-0.2, 0) is 21.2 Å². The zero-order valence-electron chi connectivity index (χ0n) is 20.2. The lowest BCUT2D eigenvalue weighted by molar-refractivity contribution is -0.127. The molecule has 7 nitrogen and oxygen atoms in total. The number of carbonyl (C=O) groups is 1. The third kappa shape index (κ3) is 4.59. The zero-order chi connectivity index (χ0) is 24.6. The van der Waals surface area contributed by atoms with Gasteiger partial charge in [-0.15, -0.1) is 4.40 Å². The predicted octanol–water partition coefficient (Wildman–Crippen LogP) is 4.07. The summed E-state index contributed by atoms with van der Waals surface area (Å²) < 4.78 is 35.1. The predicted molar refractivity (Wildman–Crippen MR) is 137 cm³/mol. The SMILES string of the molecule is COc1ccc(C2=C(C)C(N3CCC(C(=O)N[C@@H]4CCCc5ccccc54)CC3)=NS2(=O)=O)cc1. The van der Waals surface area contributed by atoms with Crippen molar-refractivity contribution in [2.45, 2.75) is 45.1 Å². The largest absolute Gasteiger partial charge is 0.497 e. The standard InChI is InChI=1S/C27H31N3O4S/c1-18-25(20-10-12-22(34-2)13-11-20)35(32,33)29-26(18)30-16-14-21(15-17-30)27(31)28-24-9-5-7-19-6-3-4-8-23(19)24/h3-4,6,8,10-13,21,24H,5,7,9,14-17H2,1-2H3,(H,28,31)/t24-/m1/s1. The van der Waals surface area contributed by atoms with Crippen LogP contribution in [0.2, 0.25) is 0 Å². The van der Waals surface area contributed by atoms with Crippen LogP contribution in [0, 0.1) is 5.92 Å². The van der Waals surface area contributed by atoms with Gasteiger partial charge in [-0.05, 0) is 80.0 Å². The van der Waals surface area contributed by atoms with Gasteiger partial charge in [-0.1, -0.05) is 24.3 Å². The van der Waals surface area contributed by atoms with E-state index in [9.17, 15) is 13.2 Å². The highest BCUT2D eigenvalue weighted by molar-refractivity contribution is 8.00. The van der Waals surface area contributed by atoms with Crippen LogP contribution < -0.4 is 10.1 Å². The molecule has 3 aliphatic rings. The second-order valence-electron chi connectivity index (χ2n) is 9.49. The van der Waals surface area contributed by atoms with E-state index in [0.717, 1.165) is 19.3 Å². The van der Waals surface area contributed by atoms with Crippen LogP contribution in [0.15, 0.2) is 58.5 Å².